The molecule has 0 saturated carbocycles. The molecule has 1 aromatic heterocycles. The monoisotopic (exact) mass is 325 g/mol. The van der Waals surface area contributed by atoms with Crippen LogP contribution in [0.5, 0.6) is 5.75 Å². The third-order valence-corrected chi connectivity index (χ3v) is 3.61. The lowest BCUT2D eigenvalue weighted by Crippen LogP contribution is -2.27. The maximum absolute atomic E-state index is 11.6. The number of halogens is 1. The second-order valence-corrected chi connectivity index (χ2v) is 5.40. The summed E-state index contributed by atoms with van der Waals surface area (Å²) in [5.74, 6) is 0.743. The molecule has 0 bridgehead atoms. The molecular formula is C13H12BrNO2S. The van der Waals surface area contributed by atoms with Gasteiger partial charge in [0.05, 0.1) is 11.4 Å². The molecular weight excluding hydrogens is 314 g/mol. The van der Waals surface area contributed by atoms with Gasteiger partial charge in [0.25, 0.3) is 5.91 Å². The van der Waals surface area contributed by atoms with Gasteiger partial charge in [0.2, 0.25) is 0 Å². The summed E-state index contributed by atoms with van der Waals surface area (Å²) in [6.45, 7) is 0.950. The van der Waals surface area contributed by atoms with Crippen LogP contribution in [-0.2, 0) is 0 Å². The van der Waals surface area contributed by atoms with Crippen molar-refractivity contribution < 1.29 is 9.53 Å². The molecule has 0 aliphatic carbocycles. The Hall–Kier alpha value is -1.33. The maximum Gasteiger partial charge on any atom is 0.261 e. The Morgan fingerprint density at radius 2 is 2.06 bits per heavy atom. The number of thiophene rings is 1. The molecule has 0 aliphatic heterocycles. The number of benzene rings is 1. The molecule has 0 spiro atoms. The Balaban J connectivity index is 1.70. The molecule has 1 N–H and O–H groups in total. The van der Waals surface area contributed by atoms with Crippen LogP contribution in [-0.4, -0.2) is 19.1 Å². The van der Waals surface area contributed by atoms with Crippen molar-refractivity contribution in [3.63, 3.8) is 0 Å². The molecule has 0 radical (unpaired) electrons. The van der Waals surface area contributed by atoms with Crippen molar-refractivity contribution in [2.45, 2.75) is 0 Å². The Morgan fingerprint density at radius 1 is 1.28 bits per heavy atom. The highest BCUT2D eigenvalue weighted by Gasteiger charge is 2.04. The first-order valence-corrected chi connectivity index (χ1v) is 7.13. The molecule has 5 heteroatoms. The van der Waals surface area contributed by atoms with Crippen molar-refractivity contribution in [2.24, 2.45) is 0 Å². The van der Waals surface area contributed by atoms with Crippen molar-refractivity contribution in [3.05, 3.63) is 51.1 Å². The van der Waals surface area contributed by atoms with Crippen LogP contribution in [0, 0.1) is 0 Å². The number of carbonyl (C=O) groups is 1. The lowest BCUT2D eigenvalue weighted by atomic mass is 10.3. The van der Waals surface area contributed by atoms with E-state index in [4.69, 9.17) is 4.74 Å². The van der Waals surface area contributed by atoms with Crippen LogP contribution in [0.4, 0.5) is 0 Å². The van der Waals surface area contributed by atoms with Gasteiger partial charge in [-0.3, -0.25) is 4.79 Å². The van der Waals surface area contributed by atoms with E-state index >= 15 is 0 Å². The lowest BCUT2D eigenvalue weighted by Gasteiger charge is -2.07. The minimum Gasteiger partial charge on any atom is -0.492 e. The molecule has 94 valence electrons. The largest absolute Gasteiger partial charge is 0.492 e. The van der Waals surface area contributed by atoms with E-state index in [9.17, 15) is 4.79 Å². The molecule has 0 fully saturated rings. The van der Waals surface area contributed by atoms with Gasteiger partial charge in [0.15, 0.2) is 0 Å². The van der Waals surface area contributed by atoms with Gasteiger partial charge >= 0.3 is 0 Å². The van der Waals surface area contributed by atoms with Crippen molar-refractivity contribution in [1.29, 1.82) is 0 Å². The number of hydrogen-bond acceptors (Lipinski definition) is 3. The Kier molecular flexibility index (Phi) is 4.78. The predicted octanol–water partition coefficient (Wildman–Crippen LogP) is 3.32. The number of rotatable bonds is 5. The fraction of sp³-hybridized carbons (Fsp3) is 0.154. The Bertz CT molecular complexity index is 496. The lowest BCUT2D eigenvalue weighted by molar-refractivity contribution is 0.0951. The fourth-order valence-corrected chi connectivity index (χ4v) is 2.26. The van der Waals surface area contributed by atoms with Gasteiger partial charge in [0, 0.05) is 4.47 Å². The van der Waals surface area contributed by atoms with Crippen molar-refractivity contribution in [2.75, 3.05) is 13.2 Å². The number of nitrogens with one attached hydrogen (secondary N) is 1. The zero-order valence-electron chi connectivity index (χ0n) is 9.56. The normalized spacial score (nSPS) is 10.1. The zero-order chi connectivity index (χ0) is 12.8. The summed E-state index contributed by atoms with van der Waals surface area (Å²) in [5.41, 5.74) is 0. The van der Waals surface area contributed by atoms with E-state index in [0.29, 0.717) is 13.2 Å². The standard InChI is InChI=1S/C13H12BrNO2S/c14-10-3-5-11(6-4-10)17-8-7-15-13(16)12-2-1-9-18-12/h1-6,9H,7-8H2,(H,15,16). The summed E-state index contributed by atoms with van der Waals surface area (Å²) in [6, 6.07) is 11.3. The molecule has 1 heterocycles. The average molecular weight is 326 g/mol. The molecule has 1 amide bonds. The van der Waals surface area contributed by atoms with Gasteiger partial charge in [-0.1, -0.05) is 22.0 Å². The molecule has 2 aromatic rings. The van der Waals surface area contributed by atoms with E-state index < -0.39 is 0 Å². The summed E-state index contributed by atoms with van der Waals surface area (Å²) < 4.78 is 6.51. The number of ether oxygens (including phenoxy) is 1. The summed E-state index contributed by atoms with van der Waals surface area (Å²) in [4.78, 5) is 12.3. The van der Waals surface area contributed by atoms with E-state index in [2.05, 4.69) is 21.2 Å². The average Bonchev–Trinajstić information content (AvgIpc) is 2.90. The minimum atomic E-state index is -0.0515. The summed E-state index contributed by atoms with van der Waals surface area (Å²) in [5, 5.41) is 4.69. The molecule has 18 heavy (non-hydrogen) atoms. The van der Waals surface area contributed by atoms with Crippen LogP contribution in [0.15, 0.2) is 46.3 Å². The van der Waals surface area contributed by atoms with E-state index in [1.54, 1.807) is 6.07 Å². The van der Waals surface area contributed by atoms with Gasteiger partial charge in [-0.15, -0.1) is 11.3 Å². The fourth-order valence-electron chi connectivity index (χ4n) is 1.36. The van der Waals surface area contributed by atoms with E-state index in [1.807, 2.05) is 35.7 Å². The molecule has 3 nitrogen and oxygen atoms in total. The van der Waals surface area contributed by atoms with Crippen LogP contribution >= 0.6 is 27.3 Å². The highest BCUT2D eigenvalue weighted by Crippen LogP contribution is 2.15. The van der Waals surface area contributed by atoms with Crippen molar-refractivity contribution in [3.8, 4) is 5.75 Å². The summed E-state index contributed by atoms with van der Waals surface area (Å²) >= 11 is 4.79. The van der Waals surface area contributed by atoms with Crippen molar-refractivity contribution in [1.82, 2.24) is 5.32 Å². The van der Waals surface area contributed by atoms with Gasteiger partial charge in [-0.25, -0.2) is 0 Å². The van der Waals surface area contributed by atoms with Crippen LogP contribution < -0.4 is 10.1 Å². The van der Waals surface area contributed by atoms with Gasteiger partial charge in [-0.05, 0) is 35.7 Å². The number of amides is 1. The highest BCUT2D eigenvalue weighted by molar-refractivity contribution is 9.10. The first kappa shape index (κ1) is 13.1. The molecule has 0 unspecified atom stereocenters. The molecule has 0 saturated heterocycles. The number of carbonyl (C=O) groups excluding carboxylic acids is 1. The van der Waals surface area contributed by atoms with E-state index in [-0.39, 0.29) is 5.91 Å². The topological polar surface area (TPSA) is 38.3 Å². The predicted molar refractivity (Wildman–Crippen MR) is 76.3 cm³/mol. The third-order valence-electron chi connectivity index (χ3n) is 2.21. The third kappa shape index (κ3) is 3.85. The molecule has 0 aliphatic rings. The highest BCUT2D eigenvalue weighted by atomic mass is 79.9. The van der Waals surface area contributed by atoms with Crippen LogP contribution in [0.3, 0.4) is 0 Å². The molecule has 0 atom stereocenters. The maximum atomic E-state index is 11.6. The van der Waals surface area contributed by atoms with Gasteiger partial charge in [0.1, 0.15) is 12.4 Å². The Labute approximate surface area is 118 Å². The summed E-state index contributed by atoms with van der Waals surface area (Å²) in [6.07, 6.45) is 0. The SMILES string of the molecule is O=C(NCCOc1ccc(Br)cc1)c1cccs1. The molecule has 1 aromatic carbocycles. The van der Waals surface area contributed by atoms with Crippen LogP contribution in [0.2, 0.25) is 0 Å². The van der Waals surface area contributed by atoms with E-state index in [1.165, 1.54) is 11.3 Å². The van der Waals surface area contributed by atoms with Crippen molar-refractivity contribution >= 4 is 33.2 Å². The second-order valence-electron chi connectivity index (χ2n) is 3.54. The van der Waals surface area contributed by atoms with Gasteiger partial charge < -0.3 is 10.1 Å². The quantitative estimate of drug-likeness (QED) is 0.856. The van der Waals surface area contributed by atoms with Crippen LogP contribution in [0.25, 0.3) is 0 Å². The summed E-state index contributed by atoms with van der Waals surface area (Å²) in [7, 11) is 0. The first-order valence-electron chi connectivity index (χ1n) is 5.46. The number of hydrogen-bond donors (Lipinski definition) is 1. The van der Waals surface area contributed by atoms with Gasteiger partial charge in [-0.2, -0.15) is 0 Å². The Morgan fingerprint density at radius 3 is 2.72 bits per heavy atom. The second kappa shape index (κ2) is 6.56. The van der Waals surface area contributed by atoms with E-state index in [0.717, 1.165) is 15.1 Å². The first-order chi connectivity index (χ1) is 8.75. The van der Waals surface area contributed by atoms with Crippen LogP contribution in [0.1, 0.15) is 9.67 Å². The smallest absolute Gasteiger partial charge is 0.261 e. The zero-order valence-corrected chi connectivity index (χ0v) is 12.0. The molecule has 2 rings (SSSR count). The minimum absolute atomic E-state index is 0.0515.